The number of rotatable bonds is 4. The van der Waals surface area contributed by atoms with Crippen LogP contribution in [0.1, 0.15) is 5.82 Å². The van der Waals surface area contributed by atoms with Crippen molar-refractivity contribution in [2.75, 3.05) is 14.1 Å². The number of aromatic nitrogens is 3. The van der Waals surface area contributed by atoms with Crippen LogP contribution in [0, 0.1) is 0 Å². The van der Waals surface area contributed by atoms with Gasteiger partial charge in [-0.05, 0) is 44.1 Å². The second-order valence-corrected chi connectivity index (χ2v) is 5.98. The molecular weight excluding hydrogens is 280 g/mol. The van der Waals surface area contributed by atoms with E-state index in [2.05, 4.69) is 20.9 Å². The summed E-state index contributed by atoms with van der Waals surface area (Å²) in [6.45, 7) is 0.723. The van der Waals surface area contributed by atoms with E-state index in [0.29, 0.717) is 0 Å². The highest BCUT2D eigenvalue weighted by atomic mass is 32.2. The molecule has 3 rings (SSSR count). The van der Waals surface area contributed by atoms with Crippen LogP contribution in [-0.2, 0) is 6.54 Å². The first-order valence-corrected chi connectivity index (χ1v) is 7.53. The van der Waals surface area contributed by atoms with Crippen molar-refractivity contribution >= 4 is 22.7 Å². The third-order valence-corrected chi connectivity index (χ3v) is 3.87. The summed E-state index contributed by atoms with van der Waals surface area (Å²) >= 11 is 1.58. The maximum atomic E-state index is 4.71. The highest BCUT2D eigenvalue weighted by Crippen LogP contribution is 2.30. The van der Waals surface area contributed by atoms with Crippen molar-refractivity contribution < 1.29 is 0 Å². The SMILES string of the molecule is CN(C)Cc1nc(Sc2ccccn2)c2ccccc2n1. The van der Waals surface area contributed by atoms with Gasteiger partial charge in [-0.25, -0.2) is 15.0 Å². The Balaban J connectivity index is 2.06. The Kier molecular flexibility index (Phi) is 4.13. The summed E-state index contributed by atoms with van der Waals surface area (Å²) in [5.41, 5.74) is 0.975. The molecule has 5 heteroatoms. The standard InChI is InChI=1S/C16H16N4S/c1-20(2)11-14-18-13-8-4-3-7-12(13)16(19-14)21-15-9-5-6-10-17-15/h3-10H,11H2,1-2H3. The van der Waals surface area contributed by atoms with E-state index < -0.39 is 0 Å². The normalized spacial score (nSPS) is 11.2. The van der Waals surface area contributed by atoms with E-state index in [0.717, 1.165) is 33.3 Å². The van der Waals surface area contributed by atoms with E-state index in [1.165, 1.54) is 0 Å². The average molecular weight is 296 g/mol. The van der Waals surface area contributed by atoms with E-state index >= 15 is 0 Å². The van der Waals surface area contributed by atoms with Crippen molar-refractivity contribution in [3.63, 3.8) is 0 Å². The maximum Gasteiger partial charge on any atom is 0.144 e. The maximum absolute atomic E-state index is 4.71. The van der Waals surface area contributed by atoms with Gasteiger partial charge in [0.2, 0.25) is 0 Å². The van der Waals surface area contributed by atoms with E-state index in [-0.39, 0.29) is 0 Å². The van der Waals surface area contributed by atoms with Crippen LogP contribution in [0.15, 0.2) is 58.7 Å². The molecule has 2 heterocycles. The zero-order valence-corrected chi connectivity index (χ0v) is 12.8. The molecular formula is C16H16N4S. The second-order valence-electron chi connectivity index (χ2n) is 4.97. The van der Waals surface area contributed by atoms with Crippen molar-refractivity contribution in [1.29, 1.82) is 0 Å². The number of hydrogen-bond acceptors (Lipinski definition) is 5. The third-order valence-electron chi connectivity index (χ3n) is 2.91. The highest BCUT2D eigenvalue weighted by molar-refractivity contribution is 7.99. The second kappa shape index (κ2) is 6.20. The van der Waals surface area contributed by atoms with Gasteiger partial charge in [-0.1, -0.05) is 24.3 Å². The smallest absolute Gasteiger partial charge is 0.144 e. The molecule has 0 aliphatic rings. The van der Waals surface area contributed by atoms with Crippen molar-refractivity contribution in [3.8, 4) is 0 Å². The quantitative estimate of drug-likeness (QED) is 0.691. The molecule has 0 aliphatic carbocycles. The lowest BCUT2D eigenvalue weighted by atomic mass is 10.2. The van der Waals surface area contributed by atoms with Crippen molar-refractivity contribution in [2.45, 2.75) is 16.6 Å². The summed E-state index contributed by atoms with van der Waals surface area (Å²) in [5.74, 6) is 0.831. The highest BCUT2D eigenvalue weighted by Gasteiger charge is 2.10. The van der Waals surface area contributed by atoms with Crippen LogP contribution >= 0.6 is 11.8 Å². The fourth-order valence-electron chi connectivity index (χ4n) is 2.03. The van der Waals surface area contributed by atoms with Crippen LogP contribution in [0.2, 0.25) is 0 Å². The van der Waals surface area contributed by atoms with Gasteiger partial charge in [-0.2, -0.15) is 0 Å². The van der Waals surface area contributed by atoms with Crippen molar-refractivity contribution in [2.24, 2.45) is 0 Å². The predicted octanol–water partition coefficient (Wildman–Crippen LogP) is 3.24. The van der Waals surface area contributed by atoms with Crippen LogP contribution < -0.4 is 0 Å². The molecule has 0 N–H and O–H groups in total. The molecule has 0 amide bonds. The number of nitrogens with zero attached hydrogens (tertiary/aromatic N) is 4. The Morgan fingerprint density at radius 2 is 1.81 bits per heavy atom. The Labute approximate surface area is 128 Å². The van der Waals surface area contributed by atoms with Gasteiger partial charge in [0, 0.05) is 11.6 Å². The Hall–Kier alpha value is -1.98. The molecule has 0 saturated carbocycles. The van der Waals surface area contributed by atoms with Crippen LogP contribution in [0.5, 0.6) is 0 Å². The summed E-state index contributed by atoms with van der Waals surface area (Å²) in [4.78, 5) is 15.8. The predicted molar refractivity (Wildman–Crippen MR) is 85.3 cm³/mol. The lowest BCUT2D eigenvalue weighted by Crippen LogP contribution is -2.13. The molecule has 0 aliphatic heterocycles. The van der Waals surface area contributed by atoms with Gasteiger partial charge in [0.25, 0.3) is 0 Å². The van der Waals surface area contributed by atoms with Crippen LogP contribution in [0.4, 0.5) is 0 Å². The zero-order chi connectivity index (χ0) is 14.7. The Bertz CT molecular complexity index is 744. The first-order chi connectivity index (χ1) is 10.2. The van der Waals surface area contributed by atoms with Crippen molar-refractivity contribution in [1.82, 2.24) is 19.9 Å². The van der Waals surface area contributed by atoms with Crippen molar-refractivity contribution in [3.05, 3.63) is 54.5 Å². The van der Waals surface area contributed by atoms with E-state index in [4.69, 9.17) is 4.98 Å². The molecule has 1 aromatic carbocycles. The molecule has 0 unspecified atom stereocenters. The summed E-state index contributed by atoms with van der Waals surface area (Å²) in [5, 5.41) is 2.96. The van der Waals surface area contributed by atoms with Gasteiger partial charge in [0.1, 0.15) is 15.9 Å². The molecule has 0 saturated heterocycles. The van der Waals surface area contributed by atoms with Gasteiger partial charge in [-0.3, -0.25) is 0 Å². The number of pyridine rings is 1. The van der Waals surface area contributed by atoms with Gasteiger partial charge in [0.15, 0.2) is 0 Å². The average Bonchev–Trinajstić information content (AvgIpc) is 2.47. The zero-order valence-electron chi connectivity index (χ0n) is 12.0. The van der Waals surface area contributed by atoms with Gasteiger partial charge >= 0.3 is 0 Å². The van der Waals surface area contributed by atoms with E-state index in [9.17, 15) is 0 Å². The molecule has 0 radical (unpaired) electrons. The fraction of sp³-hybridized carbons (Fsp3) is 0.188. The lowest BCUT2D eigenvalue weighted by Gasteiger charge is -2.11. The first-order valence-electron chi connectivity index (χ1n) is 6.71. The summed E-state index contributed by atoms with van der Waals surface area (Å²) in [6, 6.07) is 14.0. The van der Waals surface area contributed by atoms with Gasteiger partial charge in [-0.15, -0.1) is 0 Å². The van der Waals surface area contributed by atoms with Gasteiger partial charge in [0.05, 0.1) is 12.1 Å². The summed E-state index contributed by atoms with van der Waals surface area (Å²) in [6.07, 6.45) is 1.80. The first kappa shape index (κ1) is 14.0. The molecule has 21 heavy (non-hydrogen) atoms. The number of benzene rings is 1. The summed E-state index contributed by atoms with van der Waals surface area (Å²) in [7, 11) is 4.04. The lowest BCUT2D eigenvalue weighted by molar-refractivity contribution is 0.390. The van der Waals surface area contributed by atoms with Crippen LogP contribution in [0.25, 0.3) is 10.9 Å². The third kappa shape index (κ3) is 3.37. The number of hydrogen-bond donors (Lipinski definition) is 0. The molecule has 0 atom stereocenters. The number of fused-ring (bicyclic) bond motifs is 1. The van der Waals surface area contributed by atoms with E-state index in [1.807, 2.05) is 50.5 Å². The van der Waals surface area contributed by atoms with Gasteiger partial charge < -0.3 is 4.90 Å². The monoisotopic (exact) mass is 296 g/mol. The number of para-hydroxylation sites is 1. The molecule has 2 aromatic heterocycles. The minimum Gasteiger partial charge on any atom is -0.302 e. The largest absolute Gasteiger partial charge is 0.302 e. The Morgan fingerprint density at radius 3 is 2.57 bits per heavy atom. The minimum atomic E-state index is 0.723. The summed E-state index contributed by atoms with van der Waals surface area (Å²) < 4.78 is 0. The minimum absolute atomic E-state index is 0.723. The van der Waals surface area contributed by atoms with E-state index in [1.54, 1.807) is 18.0 Å². The molecule has 106 valence electrons. The van der Waals surface area contributed by atoms with Crippen LogP contribution in [-0.4, -0.2) is 33.9 Å². The molecule has 0 fully saturated rings. The topological polar surface area (TPSA) is 41.9 Å². The molecule has 4 nitrogen and oxygen atoms in total. The Morgan fingerprint density at radius 1 is 1.00 bits per heavy atom. The molecule has 3 aromatic rings. The molecule has 0 spiro atoms. The molecule has 0 bridgehead atoms. The fourth-order valence-corrected chi connectivity index (χ4v) is 2.92. The van der Waals surface area contributed by atoms with Crippen LogP contribution in [0.3, 0.4) is 0 Å².